The van der Waals surface area contributed by atoms with Gasteiger partial charge < -0.3 is 9.80 Å². The van der Waals surface area contributed by atoms with Crippen LogP contribution in [0, 0.1) is 0 Å². The molecule has 2 atom stereocenters. The predicted octanol–water partition coefficient (Wildman–Crippen LogP) is 16.4. The molecule has 0 spiro atoms. The highest BCUT2D eigenvalue weighted by Crippen LogP contribution is 2.65. The topological polar surface area (TPSA) is 6.48 Å². The molecule has 350 valence electrons. The second-order valence-corrected chi connectivity index (χ2v) is 25.5. The number of hydrogen-bond acceptors (Lipinski definition) is 2. The summed E-state index contributed by atoms with van der Waals surface area (Å²) in [6.45, 7) is 27.5. The van der Waals surface area contributed by atoms with Gasteiger partial charge in [-0.25, -0.2) is 0 Å². The number of anilines is 4. The van der Waals surface area contributed by atoms with E-state index >= 15 is 0 Å². The van der Waals surface area contributed by atoms with Crippen LogP contribution < -0.4 is 20.7 Å². The van der Waals surface area contributed by atoms with Crippen molar-refractivity contribution in [2.75, 3.05) is 9.80 Å². The average Bonchev–Trinajstić information content (AvgIpc) is 3.71. The van der Waals surface area contributed by atoms with E-state index in [2.05, 4.69) is 232 Å². The third kappa shape index (κ3) is 5.87. The van der Waals surface area contributed by atoms with E-state index in [1.165, 1.54) is 138 Å². The summed E-state index contributed by atoms with van der Waals surface area (Å²) in [5.74, 6) is 0. The number of hydrogen-bond donors (Lipinski definition) is 0. The Bertz CT molecular complexity index is 3370. The Kier molecular flexibility index (Phi) is 9.12. The van der Waals surface area contributed by atoms with Crippen molar-refractivity contribution >= 4 is 46.1 Å². The van der Waals surface area contributed by atoms with Gasteiger partial charge in [-0.05, 0) is 152 Å². The molecule has 3 aliphatic carbocycles. The van der Waals surface area contributed by atoms with Gasteiger partial charge in [-0.3, -0.25) is 0 Å². The van der Waals surface area contributed by atoms with Gasteiger partial charge in [-0.15, -0.1) is 0 Å². The van der Waals surface area contributed by atoms with Gasteiger partial charge in [0.1, 0.15) is 0 Å². The molecule has 0 radical (unpaired) electrons. The second kappa shape index (κ2) is 14.5. The van der Waals surface area contributed by atoms with Gasteiger partial charge in [0.25, 0.3) is 0 Å². The van der Waals surface area contributed by atoms with Gasteiger partial charge in [-0.2, -0.15) is 0 Å². The van der Waals surface area contributed by atoms with Crippen molar-refractivity contribution in [2.24, 2.45) is 0 Å². The predicted molar refractivity (Wildman–Crippen MR) is 300 cm³/mol. The summed E-state index contributed by atoms with van der Waals surface area (Å²) in [4.78, 5) is 5.73. The van der Waals surface area contributed by atoms with Gasteiger partial charge in [0, 0.05) is 44.7 Å². The number of allylic oxidation sites excluding steroid dienone is 1. The van der Waals surface area contributed by atoms with Gasteiger partial charge in [-0.1, -0.05) is 197 Å². The van der Waals surface area contributed by atoms with Crippen LogP contribution in [0.4, 0.5) is 22.7 Å². The molecule has 6 aliphatic rings. The standard InChI is InChI=1S/C67H69BN2/c1-62(2,3)47-29-30-55(48(39-47)44-27-19-14-20-28-44)69-56-37-46(43-25-17-13-18-26-43)38-57-58(56)68(61-59(69)49-40-51-52(41-50(49)65(61,8)9)64(6,7)34-33-63(51,4)5)54-36-45(42-23-15-12-16-24-42)35-53-60(54)70(57)67(11)32-22-21-31-66(53,67)10/h12-20,23-30,35-41H,21-22,31-34H2,1-11H3. The molecule has 7 aromatic rings. The van der Waals surface area contributed by atoms with Crippen molar-refractivity contribution < 1.29 is 0 Å². The minimum absolute atomic E-state index is 0.0268. The number of benzene rings is 7. The Morgan fingerprint density at radius 1 is 0.471 bits per heavy atom. The zero-order chi connectivity index (χ0) is 48.5. The average molecular weight is 913 g/mol. The molecule has 13 rings (SSSR count). The van der Waals surface area contributed by atoms with Crippen molar-refractivity contribution in [1.82, 2.24) is 0 Å². The molecule has 7 aromatic carbocycles. The summed E-state index contributed by atoms with van der Waals surface area (Å²) in [5, 5.41) is 0. The summed E-state index contributed by atoms with van der Waals surface area (Å²) < 4.78 is 0. The van der Waals surface area contributed by atoms with Crippen LogP contribution in [0.2, 0.25) is 0 Å². The van der Waals surface area contributed by atoms with Crippen molar-refractivity contribution in [3.63, 3.8) is 0 Å². The van der Waals surface area contributed by atoms with Gasteiger partial charge in [0.15, 0.2) is 0 Å². The SMILES string of the molecule is CC(C)(C)c1ccc(N2C3=C(B4c5cc(-c6ccccc6)cc6c5N(c5cc(-c7ccccc7)cc2c54)C2(C)CCCCC62C)C(C)(C)c2cc4c(cc23)C(C)(C)CCC4(C)C)c(-c2ccccc2)c1. The minimum Gasteiger partial charge on any atom is -0.335 e. The number of fused-ring (bicyclic) bond motifs is 9. The fraction of sp³-hybridized carbons (Fsp3) is 0.343. The maximum absolute atomic E-state index is 2.93. The number of rotatable bonds is 4. The van der Waals surface area contributed by atoms with Crippen LogP contribution in [-0.4, -0.2) is 12.3 Å². The summed E-state index contributed by atoms with van der Waals surface area (Å²) in [6.07, 6.45) is 7.21. The lowest BCUT2D eigenvalue weighted by molar-refractivity contribution is 0.195. The molecule has 0 bridgehead atoms. The Morgan fingerprint density at radius 3 is 1.67 bits per heavy atom. The summed E-state index contributed by atoms with van der Waals surface area (Å²) >= 11 is 0. The number of nitrogens with zero attached hydrogens (tertiary/aromatic N) is 2. The molecule has 3 aliphatic heterocycles. The van der Waals surface area contributed by atoms with E-state index in [4.69, 9.17) is 0 Å². The zero-order valence-electron chi connectivity index (χ0n) is 43.6. The first-order valence-electron chi connectivity index (χ1n) is 26.6. The van der Waals surface area contributed by atoms with E-state index in [-0.39, 0.29) is 39.3 Å². The summed E-state index contributed by atoms with van der Waals surface area (Å²) in [5.41, 5.74) is 27.5. The molecule has 0 amide bonds. The van der Waals surface area contributed by atoms with Gasteiger partial charge in [0.2, 0.25) is 6.71 Å². The van der Waals surface area contributed by atoms with Crippen LogP contribution in [0.15, 0.2) is 151 Å². The Morgan fingerprint density at radius 2 is 1.04 bits per heavy atom. The molecular formula is C67H69BN2. The van der Waals surface area contributed by atoms with E-state index in [1.54, 1.807) is 5.56 Å². The third-order valence-corrected chi connectivity index (χ3v) is 19.2. The molecule has 1 fully saturated rings. The molecule has 3 heteroatoms. The minimum atomic E-state index is -0.289. The van der Waals surface area contributed by atoms with Crippen molar-refractivity contribution in [2.45, 2.75) is 147 Å². The van der Waals surface area contributed by atoms with Crippen LogP contribution in [0.25, 0.3) is 39.1 Å². The summed E-state index contributed by atoms with van der Waals surface area (Å²) in [6, 6.07) is 57.1. The molecule has 3 heterocycles. The Hall–Kier alpha value is -6.06. The van der Waals surface area contributed by atoms with Crippen LogP contribution in [0.1, 0.15) is 148 Å². The van der Waals surface area contributed by atoms with Crippen LogP contribution in [0.3, 0.4) is 0 Å². The van der Waals surface area contributed by atoms with Gasteiger partial charge >= 0.3 is 0 Å². The van der Waals surface area contributed by atoms with E-state index in [0.717, 1.165) is 6.42 Å². The fourth-order valence-corrected chi connectivity index (χ4v) is 14.9. The van der Waals surface area contributed by atoms with Crippen LogP contribution in [0.5, 0.6) is 0 Å². The van der Waals surface area contributed by atoms with Crippen molar-refractivity contribution in [1.29, 1.82) is 0 Å². The molecule has 2 unspecified atom stereocenters. The highest BCUT2D eigenvalue weighted by molar-refractivity contribution is 6.96. The first-order valence-corrected chi connectivity index (χ1v) is 26.6. The highest BCUT2D eigenvalue weighted by atomic mass is 15.3. The lowest BCUT2D eigenvalue weighted by Gasteiger charge is -2.53. The largest absolute Gasteiger partial charge is 0.335 e. The molecule has 0 aromatic heterocycles. The lowest BCUT2D eigenvalue weighted by atomic mass is 9.30. The van der Waals surface area contributed by atoms with E-state index in [0.29, 0.717) is 0 Å². The van der Waals surface area contributed by atoms with Crippen LogP contribution >= 0.6 is 0 Å². The second-order valence-electron chi connectivity index (χ2n) is 25.5. The molecule has 70 heavy (non-hydrogen) atoms. The Labute approximate surface area is 419 Å². The fourth-order valence-electron chi connectivity index (χ4n) is 14.9. The van der Waals surface area contributed by atoms with E-state index in [1.807, 2.05) is 0 Å². The molecule has 1 saturated carbocycles. The lowest BCUT2D eigenvalue weighted by Crippen LogP contribution is -2.62. The maximum Gasteiger partial charge on any atom is 0.248 e. The molecule has 0 N–H and O–H groups in total. The monoisotopic (exact) mass is 913 g/mol. The van der Waals surface area contributed by atoms with Crippen LogP contribution in [-0.2, 0) is 27.1 Å². The highest BCUT2D eigenvalue weighted by Gasteiger charge is 2.63. The Balaban J connectivity index is 1.22. The molecular weight excluding hydrogens is 844 g/mol. The quantitative estimate of drug-likeness (QED) is 0.162. The zero-order valence-corrected chi connectivity index (χ0v) is 43.6. The third-order valence-electron chi connectivity index (χ3n) is 19.2. The first kappa shape index (κ1) is 43.9. The van der Waals surface area contributed by atoms with E-state index < -0.39 is 0 Å². The normalized spacial score (nSPS) is 22.8. The first-order chi connectivity index (χ1) is 33.3. The van der Waals surface area contributed by atoms with Crippen molar-refractivity contribution in [3.05, 3.63) is 184 Å². The van der Waals surface area contributed by atoms with Gasteiger partial charge in [0.05, 0.1) is 11.2 Å². The van der Waals surface area contributed by atoms with Crippen molar-refractivity contribution in [3.8, 4) is 33.4 Å². The molecule has 2 nitrogen and oxygen atoms in total. The summed E-state index contributed by atoms with van der Waals surface area (Å²) in [7, 11) is 0. The maximum atomic E-state index is 2.93. The van der Waals surface area contributed by atoms with E-state index in [9.17, 15) is 0 Å². The molecule has 0 saturated heterocycles. The smallest absolute Gasteiger partial charge is 0.248 e.